The van der Waals surface area contributed by atoms with Crippen molar-refractivity contribution in [3.8, 4) is 0 Å². The summed E-state index contributed by atoms with van der Waals surface area (Å²) in [6.45, 7) is 32.0. The zero-order chi connectivity index (χ0) is 45.3. The van der Waals surface area contributed by atoms with Gasteiger partial charge in [-0.3, -0.25) is 4.79 Å². The fraction of sp³-hybridized carbons (Fsp3) is 0.755. The normalized spacial score (nSPS) is 33.2. The number of rotatable bonds is 20. The van der Waals surface area contributed by atoms with Gasteiger partial charge in [0.25, 0.3) is 0 Å². The molecule has 0 amide bonds. The van der Waals surface area contributed by atoms with Crippen molar-refractivity contribution in [3.63, 3.8) is 0 Å². The Morgan fingerprint density at radius 2 is 1.56 bits per heavy atom. The molecule has 62 heavy (non-hydrogen) atoms. The Kier molecular flexibility index (Phi) is 15.9. The van der Waals surface area contributed by atoms with Crippen molar-refractivity contribution in [3.05, 3.63) is 59.7 Å². The second-order valence-corrected chi connectivity index (χ2v) is 32.0. The monoisotopic (exact) mass is 913 g/mol. The number of carbonyl (C=O) groups is 2. The van der Waals surface area contributed by atoms with Gasteiger partial charge < -0.3 is 37.0 Å². The molecular weight excluding hydrogens is 833 g/mol. The number of fused-ring (bicyclic) bond motifs is 5. The van der Waals surface area contributed by atoms with E-state index in [2.05, 4.69) is 88.9 Å². The third-order valence-electron chi connectivity index (χ3n) is 16.0. The van der Waals surface area contributed by atoms with E-state index in [1.165, 1.54) is 0 Å². The molecule has 0 radical (unpaired) electrons. The first-order valence-electron chi connectivity index (χ1n) is 24.2. The van der Waals surface area contributed by atoms with E-state index in [-0.39, 0.29) is 30.7 Å². The van der Waals surface area contributed by atoms with Crippen molar-refractivity contribution >= 4 is 37.6 Å². The Hall–Kier alpha value is -1.95. The molecule has 13 heteroatoms. The Balaban J connectivity index is 1.63. The van der Waals surface area contributed by atoms with Gasteiger partial charge in [0.2, 0.25) is 0 Å². The average molecular weight is 913 g/mol. The van der Waals surface area contributed by atoms with Crippen LogP contribution in [0.15, 0.2) is 54.1 Å². The molecule has 1 aromatic rings. The predicted octanol–water partition coefficient (Wildman–Crippen LogP) is 10.5. The molecule has 0 N–H and O–H groups in total. The lowest BCUT2D eigenvalue weighted by Gasteiger charge is -2.67. The van der Waals surface area contributed by atoms with Crippen LogP contribution in [0.4, 0.5) is 0 Å². The lowest BCUT2D eigenvalue weighted by Crippen LogP contribution is -2.79. The standard InChI is InChI=1S/C49H80O10Si3/c1-14-40-55-42-41(33(8)36(28-29-53-60(12)13)58-61(15-2,16-3)17-4)47(9,10)31-37(54-45(50)34-24-22-21-23-25-34)43-48(11,44(42)56-40)38(59-62(18-5,19-6)20-7)30-39-49(43,32-52-39)57-46(51)35-26-27-35/h14,21-25,35-40,42-44,60H,1,15-20,26-32H2,2-13H3/t36?,37?,38?,39?,40?,42?,43?,44?,48-,49?/m1/s1. The van der Waals surface area contributed by atoms with E-state index in [0.29, 0.717) is 25.0 Å². The summed E-state index contributed by atoms with van der Waals surface area (Å²) < 4.78 is 56.4. The van der Waals surface area contributed by atoms with Crippen molar-refractivity contribution in [1.82, 2.24) is 0 Å². The molecule has 0 spiro atoms. The summed E-state index contributed by atoms with van der Waals surface area (Å²) in [5, 5.41) is 0. The van der Waals surface area contributed by atoms with E-state index >= 15 is 0 Å². The number of esters is 2. The third kappa shape index (κ3) is 9.50. The minimum Gasteiger partial charge on any atom is -0.458 e. The highest BCUT2D eigenvalue weighted by Crippen LogP contribution is 2.64. The van der Waals surface area contributed by atoms with Crippen LogP contribution in [0.25, 0.3) is 0 Å². The number of hydrogen-bond donors (Lipinski definition) is 0. The molecule has 3 saturated carbocycles. The zero-order valence-electron chi connectivity index (χ0n) is 40.2. The van der Waals surface area contributed by atoms with Crippen LogP contribution in [0.3, 0.4) is 0 Å². The molecular formula is C49H80O10Si3. The first-order chi connectivity index (χ1) is 29.5. The second-order valence-electron chi connectivity index (χ2n) is 20.1. The molecule has 9 unspecified atom stereocenters. The largest absolute Gasteiger partial charge is 0.458 e. The van der Waals surface area contributed by atoms with Crippen molar-refractivity contribution in [2.45, 2.75) is 199 Å². The molecule has 2 aliphatic heterocycles. The van der Waals surface area contributed by atoms with Gasteiger partial charge in [-0.25, -0.2) is 4.79 Å². The molecule has 10 atom stereocenters. The number of hydrogen-bond acceptors (Lipinski definition) is 10. The summed E-state index contributed by atoms with van der Waals surface area (Å²) in [6.07, 6.45) is 1.47. The van der Waals surface area contributed by atoms with Crippen LogP contribution in [0.1, 0.15) is 112 Å². The molecule has 3 aliphatic carbocycles. The molecule has 0 bridgehead atoms. The Morgan fingerprint density at radius 3 is 2.10 bits per heavy atom. The van der Waals surface area contributed by atoms with E-state index in [1.54, 1.807) is 18.2 Å². The van der Waals surface area contributed by atoms with Gasteiger partial charge in [0.1, 0.15) is 18.3 Å². The summed E-state index contributed by atoms with van der Waals surface area (Å²) in [4.78, 5) is 28.7. The van der Waals surface area contributed by atoms with E-state index in [0.717, 1.165) is 66.7 Å². The zero-order valence-corrected chi connectivity index (χ0v) is 43.4. The number of benzene rings is 1. The van der Waals surface area contributed by atoms with E-state index in [4.69, 9.17) is 37.0 Å². The highest BCUT2D eigenvalue weighted by Gasteiger charge is 2.75. The molecule has 5 aliphatic rings. The first kappa shape index (κ1) is 49.5. The van der Waals surface area contributed by atoms with Gasteiger partial charge in [-0.2, -0.15) is 0 Å². The van der Waals surface area contributed by atoms with Gasteiger partial charge in [-0.1, -0.05) is 87.1 Å². The summed E-state index contributed by atoms with van der Waals surface area (Å²) in [5.74, 6) is -1.30. The summed E-state index contributed by atoms with van der Waals surface area (Å²) in [5.41, 5.74) is 0.106. The highest BCUT2D eigenvalue weighted by atomic mass is 28.4. The fourth-order valence-corrected chi connectivity index (χ4v) is 18.1. The summed E-state index contributed by atoms with van der Waals surface area (Å²) in [6, 6.07) is 15.1. The molecule has 2 heterocycles. The maximum atomic E-state index is 14.6. The van der Waals surface area contributed by atoms with Crippen LogP contribution in [0.5, 0.6) is 0 Å². The lowest BCUT2D eigenvalue weighted by molar-refractivity contribution is -0.346. The highest BCUT2D eigenvalue weighted by molar-refractivity contribution is 6.74. The topological polar surface area (TPSA) is 108 Å². The van der Waals surface area contributed by atoms with Crippen LogP contribution >= 0.6 is 0 Å². The molecule has 348 valence electrons. The van der Waals surface area contributed by atoms with Gasteiger partial charge in [0, 0.05) is 18.4 Å². The van der Waals surface area contributed by atoms with E-state index in [1.807, 2.05) is 18.2 Å². The van der Waals surface area contributed by atoms with Crippen LogP contribution < -0.4 is 0 Å². The maximum absolute atomic E-state index is 14.6. The number of carbonyl (C=O) groups excluding carboxylic acids is 2. The van der Waals surface area contributed by atoms with Crippen LogP contribution in [0, 0.1) is 22.7 Å². The number of ether oxygens (including phenoxy) is 5. The average Bonchev–Trinajstić information content (AvgIpc) is 4.03. The van der Waals surface area contributed by atoms with Gasteiger partial charge in [-0.05, 0) is 117 Å². The molecule has 6 rings (SSSR count). The Bertz CT molecular complexity index is 1720. The van der Waals surface area contributed by atoms with E-state index < -0.39 is 84.7 Å². The smallest absolute Gasteiger partial charge is 0.338 e. The predicted molar refractivity (Wildman–Crippen MR) is 252 cm³/mol. The first-order valence-corrected chi connectivity index (χ1v) is 32.0. The van der Waals surface area contributed by atoms with Crippen molar-refractivity contribution in [1.29, 1.82) is 0 Å². The van der Waals surface area contributed by atoms with Crippen LogP contribution in [-0.4, -0.2) is 99.3 Å². The Morgan fingerprint density at radius 1 is 0.935 bits per heavy atom. The SMILES string of the molecule is C=CC1OC2C(=C(C)C(CCO[SiH](C)C)O[Si](CC)(CC)CC)C(C)(C)CC(OC(=O)c3ccccc3)C3C4(OC(=O)C5CC5)COC4CC(O[Si](CC)(CC)CC)[C@@]3(C)C2O1. The fourth-order valence-electron chi connectivity index (χ4n) is 11.7. The minimum absolute atomic E-state index is 0.132. The molecule has 2 saturated heterocycles. The molecule has 0 aromatic heterocycles. The van der Waals surface area contributed by atoms with Gasteiger partial charge in [0.05, 0.1) is 42.3 Å². The van der Waals surface area contributed by atoms with Crippen LogP contribution in [-0.2, 0) is 41.8 Å². The lowest BCUT2D eigenvalue weighted by atomic mass is 9.48. The minimum atomic E-state index is -2.30. The van der Waals surface area contributed by atoms with Crippen LogP contribution in [0.2, 0.25) is 49.4 Å². The van der Waals surface area contributed by atoms with Crippen molar-refractivity contribution in [2.24, 2.45) is 22.7 Å². The van der Waals surface area contributed by atoms with Gasteiger partial charge >= 0.3 is 11.9 Å². The van der Waals surface area contributed by atoms with Gasteiger partial charge in [0.15, 0.2) is 37.6 Å². The van der Waals surface area contributed by atoms with Crippen molar-refractivity contribution < 1.29 is 46.6 Å². The third-order valence-corrected chi connectivity index (χ3v) is 26.2. The Labute approximate surface area is 377 Å². The summed E-state index contributed by atoms with van der Waals surface area (Å²) in [7, 11) is -5.72. The second kappa shape index (κ2) is 19.9. The van der Waals surface area contributed by atoms with E-state index in [9.17, 15) is 9.59 Å². The maximum Gasteiger partial charge on any atom is 0.338 e. The quantitative estimate of drug-likeness (QED) is 0.0713. The molecule has 5 fully saturated rings. The summed E-state index contributed by atoms with van der Waals surface area (Å²) >= 11 is 0. The van der Waals surface area contributed by atoms with Gasteiger partial charge in [-0.15, -0.1) is 0 Å². The molecule has 10 nitrogen and oxygen atoms in total. The molecule has 1 aromatic carbocycles. The van der Waals surface area contributed by atoms with Crippen molar-refractivity contribution in [2.75, 3.05) is 13.2 Å².